The Morgan fingerprint density at radius 3 is 2.62 bits per heavy atom. The number of benzene rings is 1. The van der Waals surface area contributed by atoms with Gasteiger partial charge >= 0.3 is 0 Å². The summed E-state index contributed by atoms with van der Waals surface area (Å²) >= 11 is 0. The van der Waals surface area contributed by atoms with Crippen LogP contribution in [0.2, 0.25) is 0 Å². The number of hydrogen-bond acceptors (Lipinski definition) is 4. The number of rotatable bonds is 5. The predicted octanol–water partition coefficient (Wildman–Crippen LogP) is 3.68. The van der Waals surface area contributed by atoms with Gasteiger partial charge in [-0.15, -0.1) is 0 Å². The third-order valence-corrected chi connectivity index (χ3v) is 5.71. The molecular formula is C21H25NO4. The zero-order valence-corrected chi connectivity index (χ0v) is 15.3. The van der Waals surface area contributed by atoms with Crippen LogP contribution in [-0.2, 0) is 5.60 Å². The first-order chi connectivity index (χ1) is 12.5. The van der Waals surface area contributed by atoms with Crippen molar-refractivity contribution in [3.05, 3.63) is 53.5 Å². The van der Waals surface area contributed by atoms with Gasteiger partial charge in [0.05, 0.1) is 25.0 Å². The molecule has 2 aliphatic rings. The summed E-state index contributed by atoms with van der Waals surface area (Å²) in [6, 6.07) is 8.93. The van der Waals surface area contributed by atoms with Crippen LogP contribution in [0.3, 0.4) is 0 Å². The van der Waals surface area contributed by atoms with Gasteiger partial charge in [0.2, 0.25) is 0 Å². The lowest BCUT2D eigenvalue weighted by Crippen LogP contribution is -2.48. The molecule has 138 valence electrons. The summed E-state index contributed by atoms with van der Waals surface area (Å²) in [6.07, 6.45) is 5.44. The van der Waals surface area contributed by atoms with E-state index in [0.717, 1.165) is 42.8 Å². The lowest BCUT2D eigenvalue weighted by Gasteiger charge is -2.37. The highest BCUT2D eigenvalue weighted by Crippen LogP contribution is 2.43. The van der Waals surface area contributed by atoms with E-state index in [2.05, 4.69) is 0 Å². The maximum absolute atomic E-state index is 13.2. The summed E-state index contributed by atoms with van der Waals surface area (Å²) in [6.45, 7) is 2.45. The first-order valence-corrected chi connectivity index (χ1v) is 9.27. The molecule has 1 N–H and O–H groups in total. The Morgan fingerprint density at radius 1 is 1.23 bits per heavy atom. The Morgan fingerprint density at radius 2 is 1.96 bits per heavy atom. The van der Waals surface area contributed by atoms with Crippen LogP contribution >= 0.6 is 0 Å². The maximum atomic E-state index is 13.2. The number of amides is 1. The summed E-state index contributed by atoms with van der Waals surface area (Å²) in [5.74, 6) is 1.91. The van der Waals surface area contributed by atoms with E-state index in [4.69, 9.17) is 9.15 Å². The molecular weight excluding hydrogens is 330 g/mol. The smallest absolute Gasteiger partial charge is 0.257 e. The van der Waals surface area contributed by atoms with E-state index in [-0.39, 0.29) is 11.9 Å². The van der Waals surface area contributed by atoms with Gasteiger partial charge < -0.3 is 19.2 Å². The highest BCUT2D eigenvalue weighted by molar-refractivity contribution is 5.96. The van der Waals surface area contributed by atoms with Gasteiger partial charge in [-0.3, -0.25) is 4.79 Å². The number of aliphatic hydroxyl groups is 1. The van der Waals surface area contributed by atoms with Crippen LogP contribution < -0.4 is 4.74 Å². The van der Waals surface area contributed by atoms with Crippen molar-refractivity contribution in [3.63, 3.8) is 0 Å². The Hall–Kier alpha value is -2.27. The zero-order valence-electron chi connectivity index (χ0n) is 15.3. The van der Waals surface area contributed by atoms with Gasteiger partial charge in [0, 0.05) is 12.5 Å². The quantitative estimate of drug-likeness (QED) is 0.889. The van der Waals surface area contributed by atoms with E-state index < -0.39 is 5.60 Å². The second kappa shape index (κ2) is 6.47. The monoisotopic (exact) mass is 355 g/mol. The second-order valence-electron chi connectivity index (χ2n) is 7.51. The molecule has 1 amide bonds. The lowest BCUT2D eigenvalue weighted by atomic mass is 9.86. The van der Waals surface area contributed by atoms with Gasteiger partial charge in [-0.2, -0.15) is 0 Å². The average molecular weight is 355 g/mol. The topological polar surface area (TPSA) is 62.9 Å². The highest BCUT2D eigenvalue weighted by atomic mass is 16.5. The Bertz CT molecular complexity index is 789. The first kappa shape index (κ1) is 17.2. The van der Waals surface area contributed by atoms with Crippen LogP contribution in [0.1, 0.15) is 60.2 Å². The van der Waals surface area contributed by atoms with E-state index in [0.29, 0.717) is 18.0 Å². The van der Waals surface area contributed by atoms with Gasteiger partial charge in [0.15, 0.2) is 0 Å². The standard InChI is InChI=1S/C21H25NO4/c1-21(24,15-7-9-16(25-2)10-8-15)18-4-3-12-22(18)20(23)17-11-13-26-19(17)14-5-6-14/h7-11,13-14,18,24H,3-6,12H2,1-2H3/t18-,21+/m1/s1. The number of hydrogen-bond donors (Lipinski definition) is 1. The molecule has 0 bridgehead atoms. The average Bonchev–Trinajstić information content (AvgIpc) is 3.18. The number of furan rings is 1. The molecule has 26 heavy (non-hydrogen) atoms. The third kappa shape index (κ3) is 2.90. The maximum Gasteiger partial charge on any atom is 0.257 e. The van der Waals surface area contributed by atoms with E-state index in [9.17, 15) is 9.90 Å². The first-order valence-electron chi connectivity index (χ1n) is 9.27. The van der Waals surface area contributed by atoms with Crippen LogP contribution in [0.25, 0.3) is 0 Å². The molecule has 2 atom stereocenters. The van der Waals surface area contributed by atoms with Crippen LogP contribution in [0.4, 0.5) is 0 Å². The van der Waals surface area contributed by atoms with Gasteiger partial charge in [-0.25, -0.2) is 0 Å². The minimum absolute atomic E-state index is 0.0306. The normalized spacial score (nSPS) is 22.3. The lowest BCUT2D eigenvalue weighted by molar-refractivity contribution is -0.0178. The van der Waals surface area contributed by atoms with E-state index in [1.807, 2.05) is 29.2 Å². The van der Waals surface area contributed by atoms with Crippen molar-refractivity contribution in [2.24, 2.45) is 0 Å². The molecule has 1 saturated heterocycles. The molecule has 1 aliphatic heterocycles. The molecule has 5 nitrogen and oxygen atoms in total. The van der Waals surface area contributed by atoms with Gasteiger partial charge in [-0.05, 0) is 56.4 Å². The number of methoxy groups -OCH3 is 1. The van der Waals surface area contributed by atoms with Crippen molar-refractivity contribution in [1.29, 1.82) is 0 Å². The fourth-order valence-electron chi connectivity index (χ4n) is 4.03. The molecule has 2 heterocycles. The number of carbonyl (C=O) groups is 1. The van der Waals surface area contributed by atoms with Crippen molar-refractivity contribution in [3.8, 4) is 5.75 Å². The minimum atomic E-state index is -1.12. The Kier molecular flexibility index (Phi) is 4.27. The minimum Gasteiger partial charge on any atom is -0.497 e. The molecule has 1 saturated carbocycles. The number of carbonyl (C=O) groups excluding carboxylic acids is 1. The molecule has 1 aromatic carbocycles. The van der Waals surface area contributed by atoms with Crippen LogP contribution in [0.5, 0.6) is 5.75 Å². The third-order valence-electron chi connectivity index (χ3n) is 5.71. The second-order valence-corrected chi connectivity index (χ2v) is 7.51. The molecule has 1 aromatic heterocycles. The van der Waals surface area contributed by atoms with Crippen LogP contribution in [-0.4, -0.2) is 35.6 Å². The van der Waals surface area contributed by atoms with E-state index >= 15 is 0 Å². The predicted molar refractivity (Wildman–Crippen MR) is 97.3 cm³/mol. The van der Waals surface area contributed by atoms with Gasteiger partial charge in [0.25, 0.3) is 5.91 Å². The SMILES string of the molecule is COc1ccc([C@](C)(O)[C@H]2CCCN2C(=O)c2ccoc2C2CC2)cc1. The summed E-state index contributed by atoms with van der Waals surface area (Å²) in [4.78, 5) is 15.0. The van der Waals surface area contributed by atoms with Crippen molar-refractivity contribution in [2.75, 3.05) is 13.7 Å². The highest BCUT2D eigenvalue weighted by Gasteiger charge is 2.44. The fraction of sp³-hybridized carbons (Fsp3) is 0.476. The Balaban J connectivity index is 1.60. The summed E-state index contributed by atoms with van der Waals surface area (Å²) in [5, 5.41) is 11.3. The summed E-state index contributed by atoms with van der Waals surface area (Å²) in [5.41, 5.74) is 0.324. The van der Waals surface area contributed by atoms with Crippen molar-refractivity contribution in [1.82, 2.24) is 4.90 Å². The molecule has 1 aliphatic carbocycles. The van der Waals surface area contributed by atoms with Crippen LogP contribution in [0, 0.1) is 0 Å². The van der Waals surface area contributed by atoms with Crippen LogP contribution in [0.15, 0.2) is 41.0 Å². The molecule has 2 fully saturated rings. The summed E-state index contributed by atoms with van der Waals surface area (Å²) in [7, 11) is 1.62. The Labute approximate surface area is 153 Å². The van der Waals surface area contributed by atoms with Gasteiger partial charge in [-0.1, -0.05) is 12.1 Å². The number of ether oxygens (including phenoxy) is 1. The molecule has 4 rings (SSSR count). The molecule has 2 aromatic rings. The molecule has 5 heteroatoms. The van der Waals surface area contributed by atoms with E-state index in [1.54, 1.807) is 26.4 Å². The van der Waals surface area contributed by atoms with Crippen molar-refractivity contribution in [2.45, 2.75) is 50.2 Å². The fourth-order valence-corrected chi connectivity index (χ4v) is 4.03. The number of nitrogens with zero attached hydrogens (tertiary/aromatic N) is 1. The number of likely N-dealkylation sites (tertiary alicyclic amines) is 1. The molecule has 0 radical (unpaired) electrons. The molecule has 0 unspecified atom stereocenters. The largest absolute Gasteiger partial charge is 0.497 e. The van der Waals surface area contributed by atoms with E-state index in [1.165, 1.54) is 0 Å². The van der Waals surface area contributed by atoms with Crippen molar-refractivity contribution < 1.29 is 19.1 Å². The van der Waals surface area contributed by atoms with Crippen molar-refractivity contribution >= 4 is 5.91 Å². The van der Waals surface area contributed by atoms with Gasteiger partial charge in [0.1, 0.15) is 17.1 Å². The zero-order chi connectivity index (χ0) is 18.3. The molecule has 0 spiro atoms. The summed E-state index contributed by atoms with van der Waals surface area (Å²) < 4.78 is 10.8.